The Morgan fingerprint density at radius 1 is 1.15 bits per heavy atom. The number of hydrogen-bond acceptors (Lipinski definition) is 3. The molecule has 0 bridgehead atoms. The van der Waals surface area contributed by atoms with Crippen LogP contribution in [0.2, 0.25) is 0 Å². The van der Waals surface area contributed by atoms with Gasteiger partial charge in [-0.05, 0) is 5.92 Å². The Bertz CT molecular complexity index is 217. The smallest absolute Gasteiger partial charge is 0.382 e. The number of hydrogen-bond donors (Lipinski definition) is 1. The average Bonchev–Trinajstić information content (AvgIpc) is 1.79. The normalized spacial score (nSPS) is 8.62. The van der Waals surface area contributed by atoms with Gasteiger partial charge >= 0.3 is 5.97 Å². The van der Waals surface area contributed by atoms with Gasteiger partial charge in [-0.3, -0.25) is 0 Å². The molecule has 0 aromatic carbocycles. The summed E-state index contributed by atoms with van der Waals surface area (Å²) in [4.78, 5) is 18.8. The van der Waals surface area contributed by atoms with Crippen LogP contribution in [-0.4, -0.2) is 49.7 Å². The van der Waals surface area contributed by atoms with Crippen molar-refractivity contribution in [2.75, 3.05) is 28.2 Å². The van der Waals surface area contributed by atoms with E-state index in [9.17, 15) is 14.7 Å². The lowest BCUT2D eigenvalue weighted by Crippen LogP contribution is -2.27. The third-order valence-corrected chi connectivity index (χ3v) is 0.271. The van der Waals surface area contributed by atoms with Gasteiger partial charge in [0.1, 0.15) is 5.97 Å². The van der Waals surface area contributed by atoms with Gasteiger partial charge in [-0.2, -0.15) is 0 Å². The van der Waals surface area contributed by atoms with Gasteiger partial charge in [-0.25, -0.2) is 4.79 Å². The maximum absolute atomic E-state index is 9.44. The standard InChI is InChI=1S/C4H12N.C4H2O4/c1-5(2,3)4;5-3(6)1-2-4(7)8/h1-4H3;(H,5,6)(H,7,8)/q+1;/p-1. The second-order valence-corrected chi connectivity index (χ2v) is 3.53. The highest BCUT2D eigenvalue weighted by Crippen LogP contribution is 1.73. The lowest BCUT2D eigenvalue weighted by molar-refractivity contribution is -0.849. The van der Waals surface area contributed by atoms with Crippen molar-refractivity contribution in [3.63, 3.8) is 0 Å². The molecule has 0 unspecified atom stereocenters. The largest absolute Gasteiger partial charge is 0.537 e. The van der Waals surface area contributed by atoms with E-state index in [1.165, 1.54) is 11.8 Å². The molecule has 0 fully saturated rings. The molecule has 0 aliphatic rings. The van der Waals surface area contributed by atoms with Crippen LogP contribution in [0.1, 0.15) is 0 Å². The van der Waals surface area contributed by atoms with Crippen molar-refractivity contribution in [2.45, 2.75) is 0 Å². The minimum atomic E-state index is -1.69. The number of carboxylic acid groups (broad SMARTS) is 2. The Labute approximate surface area is 77.2 Å². The molecule has 0 atom stereocenters. The van der Waals surface area contributed by atoms with E-state index in [0.29, 0.717) is 0 Å². The molecule has 0 aromatic heterocycles. The van der Waals surface area contributed by atoms with E-state index in [4.69, 9.17) is 5.11 Å². The fourth-order valence-corrected chi connectivity index (χ4v) is 0.104. The monoisotopic (exact) mass is 187 g/mol. The second-order valence-electron chi connectivity index (χ2n) is 3.53. The first-order valence-electron chi connectivity index (χ1n) is 3.37. The van der Waals surface area contributed by atoms with E-state index in [0.717, 1.165) is 4.48 Å². The molecular formula is C8H13NO4. The lowest BCUT2D eigenvalue weighted by Gasteiger charge is -2.14. The van der Waals surface area contributed by atoms with Crippen molar-refractivity contribution in [2.24, 2.45) is 0 Å². The lowest BCUT2D eigenvalue weighted by atomic mass is 10.6. The molecule has 0 saturated heterocycles. The zero-order valence-electron chi connectivity index (χ0n) is 8.12. The molecule has 0 aromatic rings. The number of nitrogens with zero attached hydrogens (tertiary/aromatic N) is 1. The van der Waals surface area contributed by atoms with Crippen LogP contribution in [0.3, 0.4) is 0 Å². The summed E-state index contributed by atoms with van der Waals surface area (Å²) in [5.74, 6) is -0.515. The molecular weight excluding hydrogens is 174 g/mol. The molecule has 0 aliphatic carbocycles. The summed E-state index contributed by atoms with van der Waals surface area (Å²) in [5, 5.41) is 17.1. The van der Waals surface area contributed by atoms with E-state index >= 15 is 0 Å². The van der Waals surface area contributed by atoms with Gasteiger partial charge in [0.15, 0.2) is 0 Å². The Morgan fingerprint density at radius 2 is 1.46 bits per heavy atom. The van der Waals surface area contributed by atoms with Crippen molar-refractivity contribution in [1.82, 2.24) is 0 Å². The first-order chi connectivity index (χ1) is 5.63. The van der Waals surface area contributed by atoms with E-state index < -0.39 is 11.9 Å². The van der Waals surface area contributed by atoms with Crippen LogP contribution in [0.4, 0.5) is 0 Å². The highest BCUT2D eigenvalue weighted by Gasteiger charge is 1.88. The quantitative estimate of drug-likeness (QED) is 0.356. The van der Waals surface area contributed by atoms with Gasteiger partial charge in [-0.1, -0.05) is 0 Å². The predicted molar refractivity (Wildman–Crippen MR) is 44.4 cm³/mol. The van der Waals surface area contributed by atoms with Crippen LogP contribution in [0.15, 0.2) is 0 Å². The molecule has 0 saturated carbocycles. The highest BCUT2D eigenvalue weighted by atomic mass is 16.4. The summed E-state index contributed by atoms with van der Waals surface area (Å²) in [5.41, 5.74) is 0. The van der Waals surface area contributed by atoms with Crippen LogP contribution in [0.5, 0.6) is 0 Å². The van der Waals surface area contributed by atoms with Crippen molar-refractivity contribution in [3.8, 4) is 11.8 Å². The minimum Gasteiger partial charge on any atom is -0.537 e. The third-order valence-electron chi connectivity index (χ3n) is 0.271. The minimum absolute atomic E-state index is 1.00. The Kier molecular flexibility index (Phi) is 6.50. The van der Waals surface area contributed by atoms with Gasteiger partial charge in [-0.15, -0.1) is 0 Å². The molecule has 0 spiro atoms. The van der Waals surface area contributed by atoms with Crippen molar-refractivity contribution < 1.29 is 24.3 Å². The van der Waals surface area contributed by atoms with Crippen LogP contribution in [-0.2, 0) is 9.59 Å². The predicted octanol–water partition coefficient (Wildman–Crippen LogP) is -1.85. The van der Waals surface area contributed by atoms with E-state index in [1.54, 1.807) is 0 Å². The molecule has 1 N–H and O–H groups in total. The second kappa shape index (κ2) is 6.03. The van der Waals surface area contributed by atoms with Gasteiger partial charge in [0, 0.05) is 5.92 Å². The number of carboxylic acids is 2. The first kappa shape index (κ1) is 14.0. The summed E-state index contributed by atoms with van der Waals surface area (Å²) in [6, 6.07) is 0. The van der Waals surface area contributed by atoms with Crippen LogP contribution in [0, 0.1) is 11.8 Å². The van der Waals surface area contributed by atoms with Crippen molar-refractivity contribution >= 4 is 11.9 Å². The Balaban J connectivity index is 0. The number of rotatable bonds is 0. The van der Waals surface area contributed by atoms with Crippen molar-refractivity contribution in [3.05, 3.63) is 0 Å². The molecule has 0 heterocycles. The van der Waals surface area contributed by atoms with Gasteiger partial charge in [0.25, 0.3) is 0 Å². The summed E-state index contributed by atoms with van der Waals surface area (Å²) in [6.07, 6.45) is 0. The molecule has 0 rings (SSSR count). The van der Waals surface area contributed by atoms with Gasteiger partial charge in [0.05, 0.1) is 28.2 Å². The Morgan fingerprint density at radius 3 is 1.54 bits per heavy atom. The fourth-order valence-electron chi connectivity index (χ4n) is 0.104. The molecule has 74 valence electrons. The van der Waals surface area contributed by atoms with Crippen LogP contribution in [0.25, 0.3) is 0 Å². The summed E-state index contributed by atoms with van der Waals surface area (Å²) in [6.45, 7) is 0. The van der Waals surface area contributed by atoms with Crippen LogP contribution < -0.4 is 5.11 Å². The fraction of sp³-hybridized carbons (Fsp3) is 0.500. The molecule has 0 aliphatic heterocycles. The maximum Gasteiger partial charge on any atom is 0.382 e. The number of quaternary nitrogens is 1. The first-order valence-corrected chi connectivity index (χ1v) is 3.37. The zero-order chi connectivity index (χ0) is 11.1. The maximum atomic E-state index is 9.44. The Hall–Kier alpha value is -1.54. The molecule has 0 radical (unpaired) electrons. The summed E-state index contributed by atoms with van der Waals surface area (Å²) < 4.78 is 1.00. The number of carbonyl (C=O) groups is 2. The molecule has 0 amide bonds. The van der Waals surface area contributed by atoms with E-state index in [2.05, 4.69) is 28.2 Å². The topological polar surface area (TPSA) is 77.4 Å². The third kappa shape index (κ3) is 62.5. The van der Waals surface area contributed by atoms with E-state index in [1.807, 2.05) is 0 Å². The summed E-state index contributed by atoms with van der Waals surface area (Å²) in [7, 11) is 8.50. The van der Waals surface area contributed by atoms with E-state index in [-0.39, 0.29) is 0 Å². The molecule has 13 heavy (non-hydrogen) atoms. The SMILES string of the molecule is C[N+](C)(C)C.O=C([O-])C#CC(=O)O. The van der Waals surface area contributed by atoms with Gasteiger partial charge in [0.2, 0.25) is 0 Å². The van der Waals surface area contributed by atoms with Crippen molar-refractivity contribution in [1.29, 1.82) is 0 Å². The average molecular weight is 187 g/mol. The highest BCUT2D eigenvalue weighted by molar-refractivity contribution is 5.95. The van der Waals surface area contributed by atoms with Gasteiger partial charge < -0.3 is 19.5 Å². The van der Waals surface area contributed by atoms with Crippen LogP contribution >= 0.6 is 0 Å². The number of carbonyl (C=O) groups excluding carboxylic acids is 1. The molecule has 5 heteroatoms. The summed E-state index contributed by atoms with van der Waals surface area (Å²) >= 11 is 0. The zero-order valence-corrected chi connectivity index (χ0v) is 8.12. The number of aliphatic carboxylic acids is 2. The molecule has 5 nitrogen and oxygen atoms in total.